The van der Waals surface area contributed by atoms with Crippen LogP contribution in [0, 0.1) is 6.92 Å². The molecule has 0 spiro atoms. The molecule has 0 fully saturated rings. The number of nitrogens with two attached hydrogens (primary N) is 1. The average molecular weight is 224 g/mol. The number of hydrogen-bond donors (Lipinski definition) is 1. The number of nitrogens with zero attached hydrogens (tertiary/aromatic N) is 2. The number of halogens is 1. The first-order valence-electron chi connectivity index (χ1n) is 5.17. The van der Waals surface area contributed by atoms with Crippen molar-refractivity contribution in [1.82, 2.24) is 9.97 Å². The Labute approximate surface area is 94.4 Å². The lowest BCUT2D eigenvalue weighted by atomic mass is 9.96. The standard InChI is InChI=1S/C11H14ClN3/c1-7-14-10(9(13)11(12)15-7)8-5-3-2-4-6-8/h5H,2-4,6,13H2,1H3. The molecule has 0 radical (unpaired) electrons. The quantitative estimate of drug-likeness (QED) is 0.745. The first-order valence-corrected chi connectivity index (χ1v) is 5.55. The summed E-state index contributed by atoms with van der Waals surface area (Å²) in [5, 5.41) is 0.365. The van der Waals surface area contributed by atoms with Gasteiger partial charge in [-0.3, -0.25) is 0 Å². The van der Waals surface area contributed by atoms with Gasteiger partial charge in [0.2, 0.25) is 0 Å². The molecule has 2 N–H and O–H groups in total. The van der Waals surface area contributed by atoms with Crippen LogP contribution in [0.1, 0.15) is 37.2 Å². The number of nitrogen functional groups attached to an aromatic ring is 1. The van der Waals surface area contributed by atoms with Crippen LogP contribution in [0.4, 0.5) is 5.69 Å². The highest BCUT2D eigenvalue weighted by Gasteiger charge is 2.14. The maximum Gasteiger partial charge on any atom is 0.156 e. The van der Waals surface area contributed by atoms with Crippen molar-refractivity contribution in [3.63, 3.8) is 0 Å². The minimum atomic E-state index is 0.365. The number of rotatable bonds is 1. The van der Waals surface area contributed by atoms with Gasteiger partial charge in [0, 0.05) is 0 Å². The molecule has 0 atom stereocenters. The molecule has 1 heterocycles. The Hall–Kier alpha value is -1.09. The third-order valence-corrected chi connectivity index (χ3v) is 2.89. The first-order chi connectivity index (χ1) is 7.18. The summed E-state index contributed by atoms with van der Waals surface area (Å²) in [7, 11) is 0. The van der Waals surface area contributed by atoms with E-state index in [0.29, 0.717) is 16.7 Å². The van der Waals surface area contributed by atoms with E-state index in [1.54, 1.807) is 0 Å². The lowest BCUT2D eigenvalue weighted by Gasteiger charge is -2.14. The number of anilines is 1. The zero-order valence-corrected chi connectivity index (χ0v) is 9.51. The molecule has 4 heteroatoms. The SMILES string of the molecule is Cc1nc(Cl)c(N)c(C2=CCCCC2)n1. The zero-order chi connectivity index (χ0) is 10.8. The Morgan fingerprint density at radius 3 is 2.80 bits per heavy atom. The largest absolute Gasteiger partial charge is 0.394 e. The van der Waals surface area contributed by atoms with Crippen LogP contribution in [0.15, 0.2) is 6.08 Å². The topological polar surface area (TPSA) is 51.8 Å². The fourth-order valence-corrected chi connectivity index (χ4v) is 2.06. The average Bonchev–Trinajstić information content (AvgIpc) is 2.24. The van der Waals surface area contributed by atoms with E-state index in [1.165, 1.54) is 18.4 Å². The maximum absolute atomic E-state index is 5.93. The maximum atomic E-state index is 5.93. The van der Waals surface area contributed by atoms with Crippen molar-refractivity contribution in [2.24, 2.45) is 0 Å². The van der Waals surface area contributed by atoms with Gasteiger partial charge in [-0.05, 0) is 38.2 Å². The van der Waals surface area contributed by atoms with Crippen molar-refractivity contribution in [3.8, 4) is 0 Å². The van der Waals surface area contributed by atoms with E-state index in [0.717, 1.165) is 18.5 Å². The fraction of sp³-hybridized carbons (Fsp3) is 0.455. The van der Waals surface area contributed by atoms with Crippen molar-refractivity contribution < 1.29 is 0 Å². The molecule has 1 aliphatic rings. The van der Waals surface area contributed by atoms with Crippen LogP contribution in [0.3, 0.4) is 0 Å². The van der Waals surface area contributed by atoms with E-state index in [4.69, 9.17) is 17.3 Å². The van der Waals surface area contributed by atoms with Crippen LogP contribution in [-0.4, -0.2) is 9.97 Å². The molecule has 0 aromatic carbocycles. The molecule has 0 aliphatic heterocycles. The van der Waals surface area contributed by atoms with Crippen LogP contribution in [0.25, 0.3) is 5.57 Å². The molecule has 0 bridgehead atoms. The summed E-state index contributed by atoms with van der Waals surface area (Å²) in [4.78, 5) is 8.40. The van der Waals surface area contributed by atoms with Crippen molar-refractivity contribution in [3.05, 3.63) is 22.7 Å². The molecule has 80 valence electrons. The molecule has 0 unspecified atom stereocenters. The molecular formula is C11H14ClN3. The Kier molecular flexibility index (Phi) is 2.91. The van der Waals surface area contributed by atoms with Gasteiger partial charge in [-0.25, -0.2) is 9.97 Å². The van der Waals surface area contributed by atoms with Gasteiger partial charge in [0.15, 0.2) is 5.15 Å². The Bertz CT molecular complexity index is 413. The van der Waals surface area contributed by atoms with Crippen LogP contribution in [-0.2, 0) is 0 Å². The van der Waals surface area contributed by atoms with Crippen LogP contribution in [0.2, 0.25) is 5.15 Å². The number of allylic oxidation sites excluding steroid dienone is 2. The summed E-state index contributed by atoms with van der Waals surface area (Å²) < 4.78 is 0. The smallest absolute Gasteiger partial charge is 0.156 e. The Morgan fingerprint density at radius 2 is 2.13 bits per heavy atom. The van der Waals surface area contributed by atoms with Gasteiger partial charge >= 0.3 is 0 Å². The zero-order valence-electron chi connectivity index (χ0n) is 8.76. The van der Waals surface area contributed by atoms with Crippen molar-refractivity contribution >= 4 is 22.9 Å². The highest BCUT2D eigenvalue weighted by atomic mass is 35.5. The molecule has 15 heavy (non-hydrogen) atoms. The number of aromatic nitrogens is 2. The van der Waals surface area contributed by atoms with E-state index < -0.39 is 0 Å². The monoisotopic (exact) mass is 223 g/mol. The normalized spacial score (nSPS) is 16.3. The lowest BCUT2D eigenvalue weighted by molar-refractivity contribution is 0.739. The highest BCUT2D eigenvalue weighted by Crippen LogP contribution is 2.31. The van der Waals surface area contributed by atoms with Gasteiger partial charge in [0.05, 0.1) is 11.4 Å². The molecule has 2 rings (SSSR count). The van der Waals surface area contributed by atoms with E-state index in [-0.39, 0.29) is 0 Å². The molecule has 1 aromatic rings. The van der Waals surface area contributed by atoms with E-state index >= 15 is 0 Å². The number of aryl methyl sites for hydroxylation is 1. The molecule has 0 amide bonds. The molecule has 0 saturated heterocycles. The summed E-state index contributed by atoms with van der Waals surface area (Å²) in [6.07, 6.45) is 6.80. The highest BCUT2D eigenvalue weighted by molar-refractivity contribution is 6.32. The van der Waals surface area contributed by atoms with Gasteiger partial charge < -0.3 is 5.73 Å². The first kappa shape index (κ1) is 10.4. The molecule has 1 aromatic heterocycles. The Balaban J connectivity index is 2.46. The minimum Gasteiger partial charge on any atom is -0.394 e. The van der Waals surface area contributed by atoms with E-state index in [1.807, 2.05) is 6.92 Å². The summed E-state index contributed by atoms with van der Waals surface area (Å²) in [6.45, 7) is 1.83. The van der Waals surface area contributed by atoms with Crippen LogP contribution >= 0.6 is 11.6 Å². The van der Waals surface area contributed by atoms with Crippen molar-refractivity contribution in [1.29, 1.82) is 0 Å². The summed E-state index contributed by atoms with van der Waals surface area (Å²) in [6, 6.07) is 0. The van der Waals surface area contributed by atoms with Gasteiger partial charge in [-0.15, -0.1) is 0 Å². The predicted octanol–water partition coefficient (Wildman–Crippen LogP) is 2.98. The van der Waals surface area contributed by atoms with Gasteiger partial charge in [0.1, 0.15) is 5.82 Å². The van der Waals surface area contributed by atoms with Gasteiger partial charge in [-0.1, -0.05) is 17.7 Å². The fourth-order valence-electron chi connectivity index (χ4n) is 1.85. The van der Waals surface area contributed by atoms with Crippen molar-refractivity contribution in [2.45, 2.75) is 32.6 Å². The third-order valence-electron chi connectivity index (χ3n) is 2.61. The summed E-state index contributed by atoms with van der Waals surface area (Å²) in [5.41, 5.74) is 8.43. The van der Waals surface area contributed by atoms with E-state index in [2.05, 4.69) is 16.0 Å². The minimum absolute atomic E-state index is 0.365. The number of hydrogen-bond acceptors (Lipinski definition) is 3. The third kappa shape index (κ3) is 2.12. The van der Waals surface area contributed by atoms with Gasteiger partial charge in [0.25, 0.3) is 0 Å². The predicted molar refractivity (Wildman–Crippen MR) is 62.6 cm³/mol. The molecule has 1 aliphatic carbocycles. The molecule has 0 saturated carbocycles. The molecular weight excluding hydrogens is 210 g/mol. The Morgan fingerprint density at radius 1 is 1.33 bits per heavy atom. The van der Waals surface area contributed by atoms with E-state index in [9.17, 15) is 0 Å². The lowest BCUT2D eigenvalue weighted by Crippen LogP contribution is -2.04. The van der Waals surface area contributed by atoms with Crippen LogP contribution < -0.4 is 5.73 Å². The summed E-state index contributed by atoms with van der Waals surface area (Å²) >= 11 is 5.93. The van der Waals surface area contributed by atoms with Crippen LogP contribution in [0.5, 0.6) is 0 Å². The second-order valence-electron chi connectivity index (χ2n) is 3.80. The second-order valence-corrected chi connectivity index (χ2v) is 4.16. The summed E-state index contributed by atoms with van der Waals surface area (Å²) in [5.74, 6) is 0.677. The molecule has 3 nitrogen and oxygen atoms in total. The second kappa shape index (κ2) is 4.19. The van der Waals surface area contributed by atoms with Gasteiger partial charge in [-0.2, -0.15) is 0 Å². The van der Waals surface area contributed by atoms with Crippen molar-refractivity contribution in [2.75, 3.05) is 5.73 Å².